The molecule has 0 aromatic heterocycles. The summed E-state index contributed by atoms with van der Waals surface area (Å²) in [6, 6.07) is -0.336. The fourth-order valence-electron chi connectivity index (χ4n) is 2.01. The van der Waals surface area contributed by atoms with Crippen LogP contribution in [0.3, 0.4) is 0 Å². The summed E-state index contributed by atoms with van der Waals surface area (Å²) in [5.74, 6) is 0.147. The second kappa shape index (κ2) is 8.90. The van der Waals surface area contributed by atoms with E-state index >= 15 is 0 Å². The maximum atomic E-state index is 11.6. The van der Waals surface area contributed by atoms with Crippen LogP contribution in [0.15, 0.2) is 12.7 Å². The molecule has 110 valence electrons. The summed E-state index contributed by atoms with van der Waals surface area (Å²) in [5.41, 5.74) is 5.83. The molecule has 1 aliphatic heterocycles. The SMILES string of the molecule is C=CCNC(=O)NC(=O)CN1CCC(C(C)N)C1.Cl. The van der Waals surface area contributed by atoms with Crippen LogP contribution < -0.4 is 16.4 Å². The van der Waals surface area contributed by atoms with E-state index in [-0.39, 0.29) is 30.9 Å². The normalized spacial score (nSPS) is 20.2. The zero-order chi connectivity index (χ0) is 13.5. The number of carbonyl (C=O) groups excluding carboxylic acids is 2. The highest BCUT2D eigenvalue weighted by Crippen LogP contribution is 2.17. The Morgan fingerprint density at radius 1 is 1.58 bits per heavy atom. The van der Waals surface area contributed by atoms with Gasteiger partial charge in [0.25, 0.3) is 0 Å². The molecule has 0 aromatic rings. The summed E-state index contributed by atoms with van der Waals surface area (Å²) in [4.78, 5) is 24.8. The number of hydrogen-bond acceptors (Lipinski definition) is 4. The first-order valence-electron chi connectivity index (χ1n) is 6.19. The Labute approximate surface area is 120 Å². The van der Waals surface area contributed by atoms with Crippen molar-refractivity contribution >= 4 is 24.3 Å². The number of likely N-dealkylation sites (tertiary alicyclic amines) is 1. The summed E-state index contributed by atoms with van der Waals surface area (Å²) < 4.78 is 0. The molecule has 7 heteroatoms. The van der Waals surface area contributed by atoms with Crippen molar-refractivity contribution in [2.45, 2.75) is 19.4 Å². The van der Waals surface area contributed by atoms with Crippen LogP contribution in [0.4, 0.5) is 4.79 Å². The Bertz CT molecular complexity index is 323. The quantitative estimate of drug-likeness (QED) is 0.626. The lowest BCUT2D eigenvalue weighted by Crippen LogP contribution is -2.44. The first-order chi connectivity index (χ1) is 8.52. The van der Waals surface area contributed by atoms with E-state index in [9.17, 15) is 9.59 Å². The number of urea groups is 1. The first-order valence-corrected chi connectivity index (χ1v) is 6.19. The van der Waals surface area contributed by atoms with Crippen molar-refractivity contribution in [3.8, 4) is 0 Å². The molecule has 0 aromatic carbocycles. The van der Waals surface area contributed by atoms with Crippen molar-refractivity contribution < 1.29 is 9.59 Å². The number of rotatable bonds is 5. The zero-order valence-electron chi connectivity index (χ0n) is 11.2. The van der Waals surface area contributed by atoms with Crippen LogP contribution in [0.5, 0.6) is 0 Å². The van der Waals surface area contributed by atoms with Crippen molar-refractivity contribution in [2.24, 2.45) is 11.7 Å². The van der Waals surface area contributed by atoms with Gasteiger partial charge in [-0.2, -0.15) is 0 Å². The number of nitrogens with zero attached hydrogens (tertiary/aromatic N) is 1. The van der Waals surface area contributed by atoms with Crippen LogP contribution in [0.1, 0.15) is 13.3 Å². The first kappa shape index (κ1) is 17.9. The lowest BCUT2D eigenvalue weighted by Gasteiger charge is -2.17. The maximum absolute atomic E-state index is 11.6. The Balaban J connectivity index is 0.00000324. The van der Waals surface area contributed by atoms with E-state index in [1.54, 1.807) is 6.08 Å². The molecule has 6 nitrogen and oxygen atoms in total. The predicted octanol–water partition coefficient (Wildman–Crippen LogP) is 0.0891. The molecule has 0 spiro atoms. The molecule has 2 atom stereocenters. The third kappa shape index (κ3) is 6.56. The van der Waals surface area contributed by atoms with Gasteiger partial charge >= 0.3 is 6.03 Å². The zero-order valence-corrected chi connectivity index (χ0v) is 12.0. The average Bonchev–Trinajstić information content (AvgIpc) is 2.74. The molecule has 0 aliphatic carbocycles. The van der Waals surface area contributed by atoms with Crippen LogP contribution in [0, 0.1) is 5.92 Å². The third-order valence-corrected chi connectivity index (χ3v) is 3.08. The monoisotopic (exact) mass is 290 g/mol. The van der Waals surface area contributed by atoms with Gasteiger partial charge < -0.3 is 11.1 Å². The van der Waals surface area contributed by atoms with Gasteiger partial charge in [0, 0.05) is 19.1 Å². The molecule has 1 saturated heterocycles. The molecule has 3 amide bonds. The Morgan fingerprint density at radius 2 is 2.26 bits per heavy atom. The molecule has 1 heterocycles. The van der Waals surface area contributed by atoms with E-state index in [2.05, 4.69) is 17.2 Å². The molecular weight excluding hydrogens is 268 g/mol. The van der Waals surface area contributed by atoms with Gasteiger partial charge in [0.05, 0.1) is 6.54 Å². The molecule has 4 N–H and O–H groups in total. The molecule has 19 heavy (non-hydrogen) atoms. The van der Waals surface area contributed by atoms with Crippen LogP contribution in [0.25, 0.3) is 0 Å². The summed E-state index contributed by atoms with van der Waals surface area (Å²) in [6.45, 7) is 7.71. The number of hydrogen-bond donors (Lipinski definition) is 3. The van der Waals surface area contributed by atoms with Gasteiger partial charge in [-0.25, -0.2) is 4.79 Å². The Hall–Kier alpha value is -1.11. The van der Waals surface area contributed by atoms with Crippen LogP contribution in [-0.4, -0.2) is 49.1 Å². The fraction of sp³-hybridized carbons (Fsp3) is 0.667. The minimum absolute atomic E-state index is 0. The summed E-state index contributed by atoms with van der Waals surface area (Å²) in [5, 5.41) is 4.76. The van der Waals surface area contributed by atoms with E-state index in [0.29, 0.717) is 12.5 Å². The largest absolute Gasteiger partial charge is 0.334 e. The molecule has 2 unspecified atom stereocenters. The number of nitrogens with one attached hydrogen (secondary N) is 2. The summed E-state index contributed by atoms with van der Waals surface area (Å²) >= 11 is 0. The van der Waals surface area contributed by atoms with E-state index in [1.807, 2.05) is 11.8 Å². The van der Waals surface area contributed by atoms with Crippen molar-refractivity contribution in [2.75, 3.05) is 26.2 Å². The maximum Gasteiger partial charge on any atom is 0.321 e. The Morgan fingerprint density at radius 3 is 2.79 bits per heavy atom. The minimum atomic E-state index is -0.483. The van der Waals surface area contributed by atoms with Crippen molar-refractivity contribution in [1.29, 1.82) is 0 Å². The minimum Gasteiger partial charge on any atom is -0.334 e. The van der Waals surface area contributed by atoms with Crippen LogP contribution in [0.2, 0.25) is 0 Å². The second-order valence-electron chi connectivity index (χ2n) is 4.69. The highest BCUT2D eigenvalue weighted by molar-refractivity contribution is 5.95. The highest BCUT2D eigenvalue weighted by Gasteiger charge is 2.26. The van der Waals surface area contributed by atoms with E-state index in [1.165, 1.54) is 0 Å². The number of amides is 3. The van der Waals surface area contributed by atoms with Gasteiger partial charge in [0.1, 0.15) is 0 Å². The predicted molar refractivity (Wildman–Crippen MR) is 77.2 cm³/mol. The lowest BCUT2D eigenvalue weighted by molar-refractivity contribution is -0.120. The van der Waals surface area contributed by atoms with Crippen molar-refractivity contribution in [1.82, 2.24) is 15.5 Å². The fourth-order valence-corrected chi connectivity index (χ4v) is 2.01. The Kier molecular flexibility index (Phi) is 8.38. The molecule has 1 fully saturated rings. The van der Waals surface area contributed by atoms with Gasteiger partial charge in [0.15, 0.2) is 0 Å². The molecular formula is C12H23ClN4O2. The van der Waals surface area contributed by atoms with Crippen LogP contribution >= 0.6 is 12.4 Å². The number of imide groups is 1. The average molecular weight is 291 g/mol. The summed E-state index contributed by atoms with van der Waals surface area (Å²) in [7, 11) is 0. The van der Waals surface area contributed by atoms with E-state index in [4.69, 9.17) is 5.73 Å². The smallest absolute Gasteiger partial charge is 0.321 e. The van der Waals surface area contributed by atoms with E-state index in [0.717, 1.165) is 19.5 Å². The van der Waals surface area contributed by atoms with E-state index < -0.39 is 6.03 Å². The lowest BCUT2D eigenvalue weighted by atomic mass is 10.0. The molecule has 0 bridgehead atoms. The van der Waals surface area contributed by atoms with Gasteiger partial charge in [-0.3, -0.25) is 15.0 Å². The third-order valence-electron chi connectivity index (χ3n) is 3.08. The van der Waals surface area contributed by atoms with Gasteiger partial charge in [-0.1, -0.05) is 6.08 Å². The van der Waals surface area contributed by atoms with Crippen molar-refractivity contribution in [3.05, 3.63) is 12.7 Å². The molecule has 1 rings (SSSR count). The number of carbonyl (C=O) groups is 2. The second-order valence-corrected chi connectivity index (χ2v) is 4.69. The highest BCUT2D eigenvalue weighted by atomic mass is 35.5. The van der Waals surface area contributed by atoms with Gasteiger partial charge in [-0.05, 0) is 25.8 Å². The van der Waals surface area contributed by atoms with Crippen LogP contribution in [-0.2, 0) is 4.79 Å². The summed E-state index contributed by atoms with van der Waals surface area (Å²) in [6.07, 6.45) is 2.56. The van der Waals surface area contributed by atoms with Gasteiger partial charge in [0.2, 0.25) is 5.91 Å². The number of halogens is 1. The topological polar surface area (TPSA) is 87.5 Å². The molecule has 1 aliphatic rings. The van der Waals surface area contributed by atoms with Crippen molar-refractivity contribution in [3.63, 3.8) is 0 Å². The molecule has 0 saturated carbocycles. The number of nitrogens with two attached hydrogens (primary N) is 1. The molecule has 0 radical (unpaired) electrons. The standard InChI is InChI=1S/C12H22N4O2.ClH/c1-3-5-14-12(18)15-11(17)8-16-6-4-10(7-16)9(2)13;/h3,9-10H,1,4-8,13H2,2H3,(H2,14,15,17,18);1H. The van der Waals surface area contributed by atoms with Gasteiger partial charge in [-0.15, -0.1) is 19.0 Å².